The largest absolute Gasteiger partial charge is 0.457 e. The molecule has 0 amide bonds. The lowest BCUT2D eigenvalue weighted by molar-refractivity contribution is 0.437. The number of hydrogen-bond donors (Lipinski definition) is 0. The van der Waals surface area contributed by atoms with Crippen LogP contribution in [0.2, 0.25) is 0 Å². The topological polar surface area (TPSA) is 39.9 Å². The highest BCUT2D eigenvalue weighted by atomic mass is 16.5. The zero-order valence-electron chi connectivity index (χ0n) is 31.8. The molecule has 59 heavy (non-hydrogen) atoms. The van der Waals surface area contributed by atoms with E-state index >= 15 is 0 Å². The molecule has 0 radical (unpaired) electrons. The Morgan fingerprint density at radius 1 is 0.407 bits per heavy atom. The molecule has 0 bridgehead atoms. The molecule has 274 valence electrons. The van der Waals surface area contributed by atoms with Gasteiger partial charge in [-0.1, -0.05) is 176 Å². The van der Waals surface area contributed by atoms with Crippen LogP contribution in [0.5, 0.6) is 11.5 Å². The molecule has 2 aromatic heterocycles. The first kappa shape index (κ1) is 32.3. The van der Waals surface area contributed by atoms with Crippen molar-refractivity contribution < 1.29 is 4.74 Å². The highest BCUT2D eigenvalue weighted by Crippen LogP contribution is 2.62. The zero-order valence-corrected chi connectivity index (χ0v) is 31.8. The summed E-state index contributed by atoms with van der Waals surface area (Å²) < 4.78 is 9.31. The molecule has 4 heteroatoms. The highest BCUT2D eigenvalue weighted by molar-refractivity contribution is 6.19. The Hall–Kier alpha value is -7.82. The predicted molar refractivity (Wildman–Crippen MR) is 240 cm³/mol. The third-order valence-electron chi connectivity index (χ3n) is 12.7. The number of rotatable bonds is 3. The van der Waals surface area contributed by atoms with Crippen molar-refractivity contribution in [2.24, 2.45) is 0 Å². The van der Waals surface area contributed by atoms with Gasteiger partial charge in [0.15, 0.2) is 0 Å². The number of nitrogens with zero attached hydrogens (tertiary/aromatic N) is 3. The van der Waals surface area contributed by atoms with Crippen LogP contribution in [0.4, 0.5) is 0 Å². The molecule has 4 nitrogen and oxygen atoms in total. The first-order valence-electron chi connectivity index (χ1n) is 20.2. The van der Waals surface area contributed by atoms with Crippen molar-refractivity contribution >= 4 is 43.5 Å². The van der Waals surface area contributed by atoms with Gasteiger partial charge in [0, 0.05) is 44.3 Å². The SMILES string of the molecule is c1ccc(-c2ccc(-c3nc(-n4c5cc6c(cc5c5ccc7ccccc7c54)C4(c5ccccc5O6)c5ccccc5-c5ccccc54)nc4ccccc34)cc2)cc1. The van der Waals surface area contributed by atoms with Gasteiger partial charge in [-0.05, 0) is 57.0 Å². The average Bonchev–Trinajstić information content (AvgIpc) is 3.79. The number of hydrogen-bond acceptors (Lipinski definition) is 3. The van der Waals surface area contributed by atoms with Gasteiger partial charge in [0.1, 0.15) is 11.5 Å². The van der Waals surface area contributed by atoms with E-state index in [1.54, 1.807) is 0 Å². The lowest BCUT2D eigenvalue weighted by Crippen LogP contribution is -2.32. The van der Waals surface area contributed by atoms with Crippen LogP contribution in [0.25, 0.3) is 82.9 Å². The predicted octanol–water partition coefficient (Wildman–Crippen LogP) is 13.7. The van der Waals surface area contributed by atoms with Crippen LogP contribution in [-0.2, 0) is 5.41 Å². The van der Waals surface area contributed by atoms with Crippen LogP contribution in [-0.4, -0.2) is 14.5 Å². The van der Waals surface area contributed by atoms with E-state index in [1.807, 2.05) is 0 Å². The molecule has 1 aliphatic heterocycles. The lowest BCUT2D eigenvalue weighted by Gasteiger charge is -2.39. The van der Waals surface area contributed by atoms with Crippen molar-refractivity contribution in [3.8, 4) is 51.0 Å². The van der Waals surface area contributed by atoms with Crippen LogP contribution < -0.4 is 4.74 Å². The Bertz CT molecular complexity index is 3480. The summed E-state index contributed by atoms with van der Waals surface area (Å²) >= 11 is 0. The molecule has 13 rings (SSSR count). The molecule has 0 unspecified atom stereocenters. The smallest absolute Gasteiger partial charge is 0.235 e. The van der Waals surface area contributed by atoms with Gasteiger partial charge >= 0.3 is 0 Å². The number of para-hydroxylation sites is 2. The van der Waals surface area contributed by atoms with Gasteiger partial charge in [-0.3, -0.25) is 4.57 Å². The molecule has 0 N–H and O–H groups in total. The molecule has 1 aliphatic carbocycles. The van der Waals surface area contributed by atoms with E-state index in [0.717, 1.165) is 77.4 Å². The second-order valence-corrected chi connectivity index (χ2v) is 15.7. The van der Waals surface area contributed by atoms with Crippen LogP contribution in [0.15, 0.2) is 200 Å². The molecule has 1 spiro atoms. The minimum absolute atomic E-state index is 0.574. The van der Waals surface area contributed by atoms with Crippen molar-refractivity contribution in [3.05, 3.63) is 222 Å². The van der Waals surface area contributed by atoms with Gasteiger partial charge in [0.05, 0.1) is 27.7 Å². The Labute approximate surface area is 340 Å². The summed E-state index contributed by atoms with van der Waals surface area (Å²) in [7, 11) is 0. The van der Waals surface area contributed by atoms with Gasteiger partial charge < -0.3 is 4.74 Å². The monoisotopic (exact) mass is 751 g/mol. The van der Waals surface area contributed by atoms with Crippen LogP contribution in [0.3, 0.4) is 0 Å². The van der Waals surface area contributed by atoms with Crippen molar-refractivity contribution in [1.82, 2.24) is 14.5 Å². The second kappa shape index (κ2) is 12.1. The van der Waals surface area contributed by atoms with Crippen molar-refractivity contribution in [2.75, 3.05) is 0 Å². The highest BCUT2D eigenvalue weighted by Gasteiger charge is 2.51. The van der Waals surface area contributed by atoms with Gasteiger partial charge in [0.25, 0.3) is 0 Å². The quantitative estimate of drug-likeness (QED) is 0.180. The summed E-state index contributed by atoms with van der Waals surface area (Å²) in [5.74, 6) is 2.31. The minimum atomic E-state index is -0.574. The molecular weight excluding hydrogens is 719 g/mol. The maximum atomic E-state index is 7.03. The van der Waals surface area contributed by atoms with Crippen molar-refractivity contribution in [1.29, 1.82) is 0 Å². The number of benzene rings is 9. The van der Waals surface area contributed by atoms with Gasteiger partial charge in [-0.2, -0.15) is 0 Å². The maximum Gasteiger partial charge on any atom is 0.235 e. The second-order valence-electron chi connectivity index (χ2n) is 15.7. The molecule has 0 atom stereocenters. The summed E-state index contributed by atoms with van der Waals surface area (Å²) in [5.41, 5.74) is 14.0. The Balaban J connectivity index is 1.13. The van der Waals surface area contributed by atoms with E-state index in [9.17, 15) is 0 Å². The first-order valence-corrected chi connectivity index (χ1v) is 20.2. The van der Waals surface area contributed by atoms with E-state index in [4.69, 9.17) is 14.7 Å². The Morgan fingerprint density at radius 3 is 1.83 bits per heavy atom. The number of aromatic nitrogens is 3. The molecule has 0 saturated carbocycles. The summed E-state index contributed by atoms with van der Waals surface area (Å²) in [4.78, 5) is 10.9. The van der Waals surface area contributed by atoms with Crippen LogP contribution in [0.1, 0.15) is 22.3 Å². The van der Waals surface area contributed by atoms with E-state index in [2.05, 4.69) is 205 Å². The summed E-state index contributed by atoms with van der Waals surface area (Å²) in [6.45, 7) is 0. The molecule has 9 aromatic carbocycles. The molecule has 2 aliphatic rings. The fourth-order valence-electron chi connectivity index (χ4n) is 10.2. The molecule has 11 aromatic rings. The van der Waals surface area contributed by atoms with Crippen LogP contribution >= 0.6 is 0 Å². The van der Waals surface area contributed by atoms with Gasteiger partial charge in [-0.15, -0.1) is 0 Å². The van der Waals surface area contributed by atoms with E-state index in [-0.39, 0.29) is 0 Å². The number of fused-ring (bicyclic) bond motifs is 15. The molecular formula is C55H33N3O. The standard InChI is InChI=1S/C55H33N3O/c1-2-14-34(15-3-1)35-26-28-37(29-27-35)52-42-20-8-12-24-48(42)56-54(57-52)58-49-33-51-47(32-43(49)41-31-30-36-16-4-5-17-38(36)53(41)58)55(46-23-11-13-25-50(46)59-51)44-21-9-6-18-39(44)40-19-7-10-22-45(40)55/h1-33H. The fraction of sp³-hybridized carbons (Fsp3) is 0.0182. The van der Waals surface area contributed by atoms with Gasteiger partial charge in [-0.25, -0.2) is 9.97 Å². The van der Waals surface area contributed by atoms with E-state index < -0.39 is 5.41 Å². The number of ether oxygens (including phenoxy) is 1. The van der Waals surface area contributed by atoms with Gasteiger partial charge in [0.2, 0.25) is 5.95 Å². The third-order valence-corrected chi connectivity index (χ3v) is 12.7. The summed E-state index contributed by atoms with van der Waals surface area (Å²) in [6, 6.07) is 71.7. The van der Waals surface area contributed by atoms with E-state index in [0.29, 0.717) is 5.95 Å². The first-order chi connectivity index (χ1) is 29.3. The maximum absolute atomic E-state index is 7.03. The van der Waals surface area contributed by atoms with Crippen molar-refractivity contribution in [2.45, 2.75) is 5.41 Å². The molecule has 0 saturated heterocycles. The van der Waals surface area contributed by atoms with E-state index in [1.165, 1.54) is 33.4 Å². The molecule has 3 heterocycles. The van der Waals surface area contributed by atoms with Crippen LogP contribution in [0, 0.1) is 0 Å². The Morgan fingerprint density at radius 2 is 1.03 bits per heavy atom. The normalized spacial score (nSPS) is 13.4. The minimum Gasteiger partial charge on any atom is -0.457 e. The lowest BCUT2D eigenvalue weighted by atomic mass is 9.66. The third kappa shape index (κ3) is 4.43. The summed E-state index contributed by atoms with van der Waals surface area (Å²) in [6.07, 6.45) is 0. The average molecular weight is 752 g/mol. The zero-order chi connectivity index (χ0) is 38.7. The molecule has 0 fully saturated rings. The summed E-state index contributed by atoms with van der Waals surface area (Å²) in [5, 5.41) is 5.57. The Kier molecular flexibility index (Phi) is 6.62. The van der Waals surface area contributed by atoms with Crippen molar-refractivity contribution in [3.63, 3.8) is 0 Å². The fourth-order valence-corrected chi connectivity index (χ4v) is 10.2.